The maximum absolute atomic E-state index is 12.6. The fraction of sp³-hybridized carbons (Fsp3) is 0.350. The smallest absolute Gasteiger partial charge is 0.496 e. The third-order valence-corrected chi connectivity index (χ3v) is 5.06. The average Bonchev–Trinajstić information content (AvgIpc) is 2.96. The fourth-order valence-corrected chi connectivity index (χ4v) is 3.74. The Morgan fingerprint density at radius 1 is 1.13 bits per heavy atom. The standard InChI is InChI=1S/C20H19ClF3NO5/c1-28-16-8-7-13(21)18(29-2)17(16)14-9-15(26)19(27)25(14)10-11-3-5-12(6-4-11)30-20(22,23)24/h3-8,14-15,26H,9-10H2,1-2H3. The van der Waals surface area contributed by atoms with Gasteiger partial charge in [-0.3, -0.25) is 4.79 Å². The molecule has 162 valence electrons. The predicted molar refractivity (Wildman–Crippen MR) is 102 cm³/mol. The second kappa shape index (κ2) is 8.61. The molecule has 0 aromatic heterocycles. The van der Waals surface area contributed by atoms with Crippen LogP contribution < -0.4 is 14.2 Å². The zero-order valence-electron chi connectivity index (χ0n) is 16.1. The Bertz CT molecular complexity index is 920. The van der Waals surface area contributed by atoms with Crippen LogP contribution in [0, 0.1) is 0 Å². The molecule has 0 saturated carbocycles. The largest absolute Gasteiger partial charge is 0.573 e. The van der Waals surface area contributed by atoms with Gasteiger partial charge in [-0.25, -0.2) is 0 Å². The summed E-state index contributed by atoms with van der Waals surface area (Å²) >= 11 is 6.24. The van der Waals surface area contributed by atoms with E-state index in [4.69, 9.17) is 21.1 Å². The maximum atomic E-state index is 12.6. The lowest BCUT2D eigenvalue weighted by Gasteiger charge is -2.28. The van der Waals surface area contributed by atoms with E-state index in [0.717, 1.165) is 12.1 Å². The van der Waals surface area contributed by atoms with Crippen LogP contribution in [0.5, 0.6) is 17.2 Å². The van der Waals surface area contributed by atoms with Gasteiger partial charge in [0, 0.05) is 13.0 Å². The van der Waals surface area contributed by atoms with Crippen LogP contribution in [0.4, 0.5) is 13.2 Å². The molecular weight excluding hydrogens is 427 g/mol. The minimum atomic E-state index is -4.79. The number of aliphatic hydroxyl groups is 1. The van der Waals surface area contributed by atoms with Crippen LogP contribution in [0.3, 0.4) is 0 Å². The lowest BCUT2D eigenvalue weighted by atomic mass is 10.0. The molecule has 30 heavy (non-hydrogen) atoms. The van der Waals surface area contributed by atoms with E-state index in [1.54, 1.807) is 12.1 Å². The van der Waals surface area contributed by atoms with Crippen molar-refractivity contribution in [2.45, 2.75) is 31.5 Å². The molecule has 0 bridgehead atoms. The van der Waals surface area contributed by atoms with Crippen LogP contribution in [-0.2, 0) is 11.3 Å². The minimum Gasteiger partial charge on any atom is -0.496 e. The monoisotopic (exact) mass is 445 g/mol. The van der Waals surface area contributed by atoms with Crippen LogP contribution in [0.1, 0.15) is 23.6 Å². The van der Waals surface area contributed by atoms with E-state index in [0.29, 0.717) is 27.6 Å². The number of amides is 1. The lowest BCUT2D eigenvalue weighted by molar-refractivity contribution is -0.274. The highest BCUT2D eigenvalue weighted by Gasteiger charge is 2.42. The van der Waals surface area contributed by atoms with Gasteiger partial charge in [0.15, 0.2) is 0 Å². The van der Waals surface area contributed by atoms with Crippen LogP contribution >= 0.6 is 11.6 Å². The minimum absolute atomic E-state index is 0.0473. The van der Waals surface area contributed by atoms with E-state index in [2.05, 4.69) is 4.74 Å². The third-order valence-electron chi connectivity index (χ3n) is 4.77. The maximum Gasteiger partial charge on any atom is 0.573 e. The second-order valence-corrected chi connectivity index (χ2v) is 7.03. The number of likely N-dealkylation sites (tertiary alicyclic amines) is 1. The molecule has 0 spiro atoms. The Morgan fingerprint density at radius 2 is 1.80 bits per heavy atom. The summed E-state index contributed by atoms with van der Waals surface area (Å²) in [6, 6.07) is 7.79. The number of hydrogen-bond donors (Lipinski definition) is 1. The summed E-state index contributed by atoms with van der Waals surface area (Å²) in [5.74, 6) is -0.127. The van der Waals surface area contributed by atoms with Crippen molar-refractivity contribution in [2.24, 2.45) is 0 Å². The van der Waals surface area contributed by atoms with Gasteiger partial charge in [0.05, 0.1) is 30.8 Å². The first-order chi connectivity index (χ1) is 14.1. The number of alkyl halides is 3. The third kappa shape index (κ3) is 4.57. The summed E-state index contributed by atoms with van der Waals surface area (Å²) < 4.78 is 51.7. The number of nitrogens with zero attached hydrogens (tertiary/aromatic N) is 1. The number of carbonyl (C=O) groups is 1. The number of methoxy groups -OCH3 is 2. The fourth-order valence-electron chi connectivity index (χ4n) is 3.50. The molecule has 2 aromatic rings. The molecule has 2 aromatic carbocycles. The molecule has 1 fully saturated rings. The number of halogens is 4. The first-order valence-corrected chi connectivity index (χ1v) is 9.26. The molecule has 2 unspecified atom stereocenters. The van der Waals surface area contributed by atoms with Gasteiger partial charge in [-0.05, 0) is 29.8 Å². The number of ether oxygens (including phenoxy) is 3. The molecule has 1 aliphatic rings. The number of rotatable bonds is 6. The molecule has 2 atom stereocenters. The van der Waals surface area contributed by atoms with Crippen molar-refractivity contribution >= 4 is 17.5 Å². The Labute approximate surface area is 175 Å². The highest BCUT2D eigenvalue weighted by Crippen LogP contribution is 2.46. The average molecular weight is 446 g/mol. The summed E-state index contributed by atoms with van der Waals surface area (Å²) in [6.07, 6.45) is -5.95. The molecule has 1 saturated heterocycles. The number of carbonyl (C=O) groups excluding carboxylic acids is 1. The van der Waals surface area contributed by atoms with Crippen LogP contribution in [0.2, 0.25) is 5.02 Å². The molecular formula is C20H19ClF3NO5. The van der Waals surface area contributed by atoms with Gasteiger partial charge in [0.2, 0.25) is 0 Å². The first-order valence-electron chi connectivity index (χ1n) is 8.88. The van der Waals surface area contributed by atoms with E-state index in [1.165, 1.54) is 31.3 Å². The number of benzene rings is 2. The second-order valence-electron chi connectivity index (χ2n) is 6.62. The summed E-state index contributed by atoms with van der Waals surface area (Å²) in [5.41, 5.74) is 1.06. The zero-order chi connectivity index (χ0) is 22.1. The van der Waals surface area contributed by atoms with Crippen molar-refractivity contribution in [1.29, 1.82) is 0 Å². The van der Waals surface area contributed by atoms with Gasteiger partial charge < -0.3 is 24.2 Å². The summed E-state index contributed by atoms with van der Waals surface area (Å²) in [6.45, 7) is 0.0473. The Hall–Kier alpha value is -2.65. The van der Waals surface area contributed by atoms with Gasteiger partial charge >= 0.3 is 6.36 Å². The molecule has 6 nitrogen and oxygen atoms in total. The van der Waals surface area contributed by atoms with Gasteiger partial charge in [-0.1, -0.05) is 23.7 Å². The molecule has 10 heteroatoms. The molecule has 3 rings (SSSR count). The van der Waals surface area contributed by atoms with Crippen molar-refractivity contribution in [1.82, 2.24) is 4.90 Å². The zero-order valence-corrected chi connectivity index (χ0v) is 16.8. The molecule has 0 radical (unpaired) electrons. The van der Waals surface area contributed by atoms with Crippen molar-refractivity contribution in [2.75, 3.05) is 14.2 Å². The normalized spacial score (nSPS) is 19.2. The Balaban J connectivity index is 1.92. The van der Waals surface area contributed by atoms with Crippen molar-refractivity contribution in [3.8, 4) is 17.2 Å². The summed E-state index contributed by atoms with van der Waals surface area (Å²) in [4.78, 5) is 14.0. The van der Waals surface area contributed by atoms with Crippen molar-refractivity contribution in [3.63, 3.8) is 0 Å². The first kappa shape index (κ1) is 22.0. The molecule has 1 N–H and O–H groups in total. The Morgan fingerprint density at radius 3 is 2.37 bits per heavy atom. The van der Waals surface area contributed by atoms with Crippen molar-refractivity contribution < 1.29 is 37.3 Å². The number of aliphatic hydroxyl groups excluding tert-OH is 1. The van der Waals surface area contributed by atoms with E-state index in [-0.39, 0.29) is 18.7 Å². The summed E-state index contributed by atoms with van der Waals surface area (Å²) in [5, 5.41) is 10.5. The van der Waals surface area contributed by atoms with Gasteiger partial charge in [-0.2, -0.15) is 0 Å². The Kier molecular flexibility index (Phi) is 6.33. The summed E-state index contributed by atoms with van der Waals surface area (Å²) in [7, 11) is 2.89. The van der Waals surface area contributed by atoms with Crippen molar-refractivity contribution in [3.05, 3.63) is 52.5 Å². The van der Waals surface area contributed by atoms with E-state index >= 15 is 0 Å². The van der Waals surface area contributed by atoms with E-state index in [9.17, 15) is 23.1 Å². The van der Waals surface area contributed by atoms with Gasteiger partial charge in [0.25, 0.3) is 5.91 Å². The molecule has 0 aliphatic carbocycles. The highest BCUT2D eigenvalue weighted by molar-refractivity contribution is 6.32. The predicted octanol–water partition coefficient (Wildman–Crippen LogP) is 4.09. The van der Waals surface area contributed by atoms with Gasteiger partial charge in [-0.15, -0.1) is 13.2 Å². The lowest BCUT2D eigenvalue weighted by Crippen LogP contribution is -2.30. The van der Waals surface area contributed by atoms with Crippen LogP contribution in [0.25, 0.3) is 0 Å². The topological polar surface area (TPSA) is 68.2 Å². The van der Waals surface area contributed by atoms with E-state index in [1.807, 2.05) is 0 Å². The molecule has 1 aliphatic heterocycles. The van der Waals surface area contributed by atoms with E-state index < -0.39 is 24.4 Å². The van der Waals surface area contributed by atoms with Crippen LogP contribution in [-0.4, -0.2) is 42.6 Å². The van der Waals surface area contributed by atoms with Crippen LogP contribution in [0.15, 0.2) is 36.4 Å². The number of hydrogen-bond acceptors (Lipinski definition) is 5. The highest BCUT2D eigenvalue weighted by atomic mass is 35.5. The van der Waals surface area contributed by atoms with Gasteiger partial charge in [0.1, 0.15) is 23.4 Å². The SMILES string of the molecule is COc1ccc(Cl)c(OC)c1C1CC(O)C(=O)N1Cc1ccc(OC(F)(F)F)cc1. The quantitative estimate of drug-likeness (QED) is 0.725. The molecule has 1 heterocycles. The molecule has 1 amide bonds.